The standard InChI is InChI=1S/C19H18N4O/c1-13(2)19(11-24,23-10-9-20-12-23)18-17-15(7-8-21-18)14-5-3-4-6-16(14)22-17/h3-13,22H,1-2H3. The van der Waals surface area contributed by atoms with Crippen LogP contribution >= 0.6 is 0 Å². The molecular formula is C19H18N4O. The molecule has 0 bridgehead atoms. The van der Waals surface area contributed by atoms with Crippen molar-refractivity contribution in [2.24, 2.45) is 5.92 Å². The second-order valence-electron chi connectivity index (χ2n) is 6.32. The zero-order valence-electron chi connectivity index (χ0n) is 13.6. The number of aromatic amines is 1. The molecule has 5 nitrogen and oxygen atoms in total. The summed E-state index contributed by atoms with van der Waals surface area (Å²) in [4.78, 5) is 24.5. The average Bonchev–Trinajstić information content (AvgIpc) is 3.24. The lowest BCUT2D eigenvalue weighted by molar-refractivity contribution is -0.115. The van der Waals surface area contributed by atoms with Gasteiger partial charge < -0.3 is 14.3 Å². The van der Waals surface area contributed by atoms with Crippen molar-refractivity contribution in [3.05, 3.63) is 60.9 Å². The summed E-state index contributed by atoms with van der Waals surface area (Å²) in [5.74, 6) is 0.00807. The third-order valence-electron chi connectivity index (χ3n) is 4.80. The summed E-state index contributed by atoms with van der Waals surface area (Å²) in [5.41, 5.74) is 1.75. The van der Waals surface area contributed by atoms with Crippen LogP contribution in [-0.4, -0.2) is 25.8 Å². The summed E-state index contributed by atoms with van der Waals surface area (Å²) < 4.78 is 1.85. The number of imidazole rings is 1. The van der Waals surface area contributed by atoms with E-state index >= 15 is 0 Å². The van der Waals surface area contributed by atoms with Crippen LogP contribution in [-0.2, 0) is 10.3 Å². The van der Waals surface area contributed by atoms with Crippen LogP contribution in [0.3, 0.4) is 0 Å². The fourth-order valence-corrected chi connectivity index (χ4v) is 3.50. The van der Waals surface area contributed by atoms with Crippen LogP contribution < -0.4 is 0 Å². The van der Waals surface area contributed by atoms with Gasteiger partial charge in [-0.2, -0.15) is 0 Å². The van der Waals surface area contributed by atoms with E-state index in [4.69, 9.17) is 0 Å². The molecule has 4 aromatic rings. The van der Waals surface area contributed by atoms with Crippen molar-refractivity contribution in [3.63, 3.8) is 0 Å². The number of fused-ring (bicyclic) bond motifs is 3. The summed E-state index contributed by atoms with van der Waals surface area (Å²) in [6.07, 6.45) is 7.93. The van der Waals surface area contributed by atoms with Crippen LogP contribution in [0.15, 0.2) is 55.2 Å². The summed E-state index contributed by atoms with van der Waals surface area (Å²) >= 11 is 0. The molecule has 1 aromatic carbocycles. The molecule has 0 fully saturated rings. The molecule has 3 aromatic heterocycles. The van der Waals surface area contributed by atoms with Gasteiger partial charge in [0.05, 0.1) is 17.5 Å². The highest BCUT2D eigenvalue weighted by molar-refractivity contribution is 6.08. The number of hydrogen-bond acceptors (Lipinski definition) is 3. The number of H-pyrrole nitrogens is 1. The summed E-state index contributed by atoms with van der Waals surface area (Å²) in [6.45, 7) is 4.05. The molecule has 1 N–H and O–H groups in total. The lowest BCUT2D eigenvalue weighted by Crippen LogP contribution is -2.42. The normalized spacial score (nSPS) is 14.3. The van der Waals surface area contributed by atoms with E-state index in [1.807, 2.05) is 48.9 Å². The van der Waals surface area contributed by atoms with Gasteiger partial charge in [0.1, 0.15) is 5.54 Å². The molecule has 0 aliphatic carbocycles. The molecule has 0 saturated heterocycles. The van der Waals surface area contributed by atoms with Gasteiger partial charge >= 0.3 is 0 Å². The molecule has 24 heavy (non-hydrogen) atoms. The largest absolute Gasteiger partial charge is 0.353 e. The van der Waals surface area contributed by atoms with Crippen molar-refractivity contribution >= 4 is 28.1 Å². The number of benzene rings is 1. The smallest absolute Gasteiger partial charge is 0.152 e. The maximum absolute atomic E-state index is 12.3. The first-order chi connectivity index (χ1) is 11.7. The molecule has 1 unspecified atom stereocenters. The SMILES string of the molecule is CC(C)C(C=O)(c1nccc2c1[nH]c1ccccc12)n1ccnc1. The highest BCUT2D eigenvalue weighted by Gasteiger charge is 2.40. The predicted molar refractivity (Wildman–Crippen MR) is 93.8 cm³/mol. The second kappa shape index (κ2) is 5.30. The van der Waals surface area contributed by atoms with Gasteiger partial charge in [-0.3, -0.25) is 4.98 Å². The number of nitrogens with zero attached hydrogens (tertiary/aromatic N) is 3. The third kappa shape index (κ3) is 1.84. The molecule has 3 heterocycles. The topological polar surface area (TPSA) is 63.6 Å². The van der Waals surface area contributed by atoms with Crippen LogP contribution in [0.2, 0.25) is 0 Å². The zero-order valence-corrected chi connectivity index (χ0v) is 13.6. The van der Waals surface area contributed by atoms with Crippen LogP contribution in [0.1, 0.15) is 19.5 Å². The molecule has 0 aliphatic heterocycles. The van der Waals surface area contributed by atoms with Gasteiger partial charge in [-0.05, 0) is 18.1 Å². The minimum Gasteiger partial charge on any atom is -0.353 e. The summed E-state index contributed by atoms with van der Waals surface area (Å²) in [5, 5.41) is 2.20. The van der Waals surface area contributed by atoms with Gasteiger partial charge in [-0.25, -0.2) is 4.98 Å². The minimum absolute atomic E-state index is 0.00807. The van der Waals surface area contributed by atoms with E-state index in [1.165, 1.54) is 0 Å². The van der Waals surface area contributed by atoms with E-state index in [2.05, 4.69) is 21.0 Å². The molecule has 1 atom stereocenters. The van der Waals surface area contributed by atoms with Crippen LogP contribution in [0.25, 0.3) is 21.8 Å². The number of para-hydroxylation sites is 1. The van der Waals surface area contributed by atoms with Crippen molar-refractivity contribution in [2.75, 3.05) is 0 Å². The Morgan fingerprint density at radius 2 is 2.00 bits per heavy atom. The third-order valence-corrected chi connectivity index (χ3v) is 4.80. The van der Waals surface area contributed by atoms with Crippen molar-refractivity contribution in [2.45, 2.75) is 19.4 Å². The Morgan fingerprint density at radius 1 is 1.17 bits per heavy atom. The molecule has 5 heteroatoms. The number of aromatic nitrogens is 4. The molecule has 0 spiro atoms. The summed E-state index contributed by atoms with van der Waals surface area (Å²) in [6, 6.07) is 10.1. The first kappa shape index (κ1) is 14.6. The van der Waals surface area contributed by atoms with Gasteiger partial charge in [0.25, 0.3) is 0 Å². The van der Waals surface area contributed by atoms with Crippen molar-refractivity contribution in [3.8, 4) is 0 Å². The highest BCUT2D eigenvalue weighted by Crippen LogP contribution is 2.37. The summed E-state index contributed by atoms with van der Waals surface area (Å²) in [7, 11) is 0. The number of nitrogens with one attached hydrogen (secondary N) is 1. The van der Waals surface area contributed by atoms with Crippen molar-refractivity contribution in [1.82, 2.24) is 19.5 Å². The Labute approximate surface area is 139 Å². The van der Waals surface area contributed by atoms with Gasteiger partial charge in [-0.15, -0.1) is 0 Å². The molecule has 0 aliphatic rings. The maximum atomic E-state index is 12.3. The molecule has 120 valence electrons. The first-order valence-corrected chi connectivity index (χ1v) is 7.99. The molecule has 0 radical (unpaired) electrons. The van der Waals surface area contributed by atoms with E-state index < -0.39 is 5.54 Å². The lowest BCUT2D eigenvalue weighted by Gasteiger charge is -2.33. The lowest BCUT2D eigenvalue weighted by atomic mass is 9.83. The molecule has 0 amide bonds. The number of hydrogen-bond donors (Lipinski definition) is 1. The van der Waals surface area contributed by atoms with Gasteiger partial charge in [0.15, 0.2) is 6.29 Å². The Morgan fingerprint density at radius 3 is 2.71 bits per heavy atom. The van der Waals surface area contributed by atoms with Crippen LogP contribution in [0.4, 0.5) is 0 Å². The minimum atomic E-state index is -0.906. The number of carbonyl (C=O) groups is 1. The van der Waals surface area contributed by atoms with Gasteiger partial charge in [0.2, 0.25) is 0 Å². The van der Waals surface area contributed by atoms with Crippen molar-refractivity contribution < 1.29 is 4.79 Å². The van der Waals surface area contributed by atoms with Crippen molar-refractivity contribution in [1.29, 1.82) is 0 Å². The Kier molecular flexibility index (Phi) is 3.23. The van der Waals surface area contributed by atoms with E-state index in [-0.39, 0.29) is 5.92 Å². The number of aldehydes is 1. The Hall–Kier alpha value is -2.95. The highest BCUT2D eigenvalue weighted by atomic mass is 16.1. The van der Waals surface area contributed by atoms with Gasteiger partial charge in [0, 0.05) is 34.9 Å². The Balaban J connectivity index is 2.12. The second-order valence-corrected chi connectivity index (χ2v) is 6.32. The predicted octanol–water partition coefficient (Wildman–Crippen LogP) is 3.51. The van der Waals surface area contributed by atoms with E-state index in [1.54, 1.807) is 18.7 Å². The Bertz CT molecular complexity index is 1020. The maximum Gasteiger partial charge on any atom is 0.152 e. The van der Waals surface area contributed by atoms with Crippen LogP contribution in [0, 0.1) is 5.92 Å². The fourth-order valence-electron chi connectivity index (χ4n) is 3.50. The van der Waals surface area contributed by atoms with Crippen LogP contribution in [0.5, 0.6) is 0 Å². The average molecular weight is 318 g/mol. The molecular weight excluding hydrogens is 300 g/mol. The van der Waals surface area contributed by atoms with E-state index in [0.717, 1.165) is 33.8 Å². The molecule has 0 saturated carbocycles. The van der Waals surface area contributed by atoms with E-state index in [9.17, 15) is 4.79 Å². The number of carbonyl (C=O) groups excluding carboxylic acids is 1. The molecule has 4 rings (SSSR count). The first-order valence-electron chi connectivity index (χ1n) is 7.99. The number of rotatable bonds is 4. The van der Waals surface area contributed by atoms with Gasteiger partial charge in [-0.1, -0.05) is 32.0 Å². The van der Waals surface area contributed by atoms with E-state index in [0.29, 0.717) is 0 Å². The monoisotopic (exact) mass is 318 g/mol. The number of pyridine rings is 1. The zero-order chi connectivity index (χ0) is 16.7. The quantitative estimate of drug-likeness (QED) is 0.586. The fraction of sp³-hybridized carbons (Fsp3) is 0.211.